The number of nitrogens with one attached hydrogen (secondary N) is 3. The number of ether oxygens (including phenoxy) is 3. The number of amides is 3. The number of hydrogen-bond donors (Lipinski definition) is 4. The Morgan fingerprint density at radius 2 is 1.62 bits per heavy atom. The molecule has 0 radical (unpaired) electrons. The Kier molecular flexibility index (Phi) is 9.90. The van der Waals surface area contributed by atoms with Crippen molar-refractivity contribution >= 4 is 46.9 Å². The Hall–Kier alpha value is -5.42. The zero-order valence-corrected chi connectivity index (χ0v) is 25.4. The molecule has 0 fully saturated rings. The number of aromatic hydroxyl groups is 1. The van der Waals surface area contributed by atoms with Gasteiger partial charge in [0.1, 0.15) is 30.4 Å². The van der Waals surface area contributed by atoms with E-state index in [2.05, 4.69) is 16.0 Å². The first kappa shape index (κ1) is 31.0. The molecule has 1 unspecified atom stereocenters. The third-order valence-electron chi connectivity index (χ3n) is 6.63. The van der Waals surface area contributed by atoms with E-state index in [9.17, 15) is 19.5 Å². The van der Waals surface area contributed by atoms with Crippen molar-refractivity contribution in [1.29, 1.82) is 0 Å². The monoisotopic (exact) mass is 625 g/mol. The van der Waals surface area contributed by atoms with Gasteiger partial charge in [-0.2, -0.15) is 0 Å². The van der Waals surface area contributed by atoms with Gasteiger partial charge in [0.15, 0.2) is 11.5 Å². The van der Waals surface area contributed by atoms with Crippen molar-refractivity contribution in [1.82, 2.24) is 5.32 Å². The number of methoxy groups -OCH3 is 1. The lowest BCUT2D eigenvalue weighted by molar-refractivity contribution is -0.115. The molecule has 0 saturated heterocycles. The normalized spacial score (nSPS) is 12.9. The molecule has 0 aliphatic carbocycles. The summed E-state index contributed by atoms with van der Waals surface area (Å²) in [7, 11) is 1.44. The summed E-state index contributed by atoms with van der Waals surface area (Å²) in [5, 5.41) is 17.8. The maximum Gasteiger partial charge on any atom is 0.272 e. The van der Waals surface area contributed by atoms with Crippen LogP contribution in [0.15, 0.2) is 102 Å². The van der Waals surface area contributed by atoms with Gasteiger partial charge < -0.3 is 35.3 Å². The maximum absolute atomic E-state index is 13.5. The summed E-state index contributed by atoms with van der Waals surface area (Å²) >= 11 is 1.32. The van der Waals surface area contributed by atoms with Crippen molar-refractivity contribution in [2.75, 3.05) is 31.0 Å². The van der Waals surface area contributed by atoms with Gasteiger partial charge in [-0.1, -0.05) is 24.3 Å². The van der Waals surface area contributed by atoms with E-state index in [0.29, 0.717) is 53.0 Å². The first-order valence-electron chi connectivity index (χ1n) is 14.0. The average Bonchev–Trinajstić information content (AvgIpc) is 3.05. The fourth-order valence-corrected chi connectivity index (χ4v) is 5.31. The molecule has 11 heteroatoms. The molecule has 1 aliphatic heterocycles. The molecule has 0 bridgehead atoms. The fourth-order valence-electron chi connectivity index (χ4n) is 4.39. The van der Waals surface area contributed by atoms with E-state index in [1.165, 1.54) is 37.1 Å². The predicted octanol–water partition coefficient (Wildman–Crippen LogP) is 5.70. The van der Waals surface area contributed by atoms with Crippen LogP contribution in [0.25, 0.3) is 6.08 Å². The SMILES string of the molecule is COc1cc(O)ccc1/C=C(/NC(=O)c1ccccc1)C(=O)Nc1cccc(SC(C)C(=O)Nc2ccc3c(c2)OCCO3)c1. The Labute approximate surface area is 264 Å². The van der Waals surface area contributed by atoms with Gasteiger partial charge in [-0.25, -0.2) is 0 Å². The lowest BCUT2D eigenvalue weighted by Gasteiger charge is -2.19. The Morgan fingerprint density at radius 1 is 0.867 bits per heavy atom. The smallest absolute Gasteiger partial charge is 0.272 e. The van der Waals surface area contributed by atoms with Crippen LogP contribution in [-0.4, -0.2) is 48.4 Å². The summed E-state index contributed by atoms with van der Waals surface area (Å²) < 4.78 is 16.5. The summed E-state index contributed by atoms with van der Waals surface area (Å²) in [6.45, 7) is 2.72. The van der Waals surface area contributed by atoms with Crippen LogP contribution in [0.5, 0.6) is 23.0 Å². The molecule has 1 atom stereocenters. The van der Waals surface area contributed by atoms with Crippen molar-refractivity contribution < 1.29 is 33.7 Å². The van der Waals surface area contributed by atoms with E-state index in [4.69, 9.17) is 14.2 Å². The third kappa shape index (κ3) is 8.15. The highest BCUT2D eigenvalue weighted by molar-refractivity contribution is 8.00. The summed E-state index contributed by atoms with van der Waals surface area (Å²) in [5.74, 6) is 0.268. The number of phenolic OH excluding ortho intramolecular Hbond substituents is 1. The fraction of sp³-hybridized carbons (Fsp3) is 0.147. The number of phenols is 1. The number of rotatable bonds is 10. The molecule has 0 spiro atoms. The summed E-state index contributed by atoms with van der Waals surface area (Å²) in [6, 6.07) is 25.2. The number of anilines is 2. The highest BCUT2D eigenvalue weighted by Gasteiger charge is 2.19. The first-order chi connectivity index (χ1) is 21.8. The minimum Gasteiger partial charge on any atom is -0.508 e. The van der Waals surface area contributed by atoms with Gasteiger partial charge in [0.25, 0.3) is 11.8 Å². The molecule has 4 N–H and O–H groups in total. The molecule has 0 aromatic heterocycles. The second-order valence-corrected chi connectivity index (χ2v) is 11.3. The van der Waals surface area contributed by atoms with Crippen molar-refractivity contribution in [2.45, 2.75) is 17.1 Å². The third-order valence-corrected chi connectivity index (χ3v) is 7.72. The molecule has 45 heavy (non-hydrogen) atoms. The maximum atomic E-state index is 13.5. The molecular weight excluding hydrogens is 594 g/mol. The molecule has 5 rings (SSSR count). The minimum absolute atomic E-state index is 0.00755. The second-order valence-electron chi connectivity index (χ2n) is 9.89. The predicted molar refractivity (Wildman–Crippen MR) is 173 cm³/mol. The zero-order valence-electron chi connectivity index (χ0n) is 24.5. The van der Waals surface area contributed by atoms with Crippen LogP contribution in [0.3, 0.4) is 0 Å². The summed E-state index contributed by atoms with van der Waals surface area (Å²) in [5.41, 5.74) is 1.85. The molecule has 10 nitrogen and oxygen atoms in total. The molecule has 1 heterocycles. The van der Waals surface area contributed by atoms with E-state index in [1.807, 2.05) is 6.07 Å². The van der Waals surface area contributed by atoms with Crippen LogP contribution in [-0.2, 0) is 9.59 Å². The Bertz CT molecular complexity index is 1740. The van der Waals surface area contributed by atoms with E-state index < -0.39 is 17.1 Å². The number of carbonyl (C=O) groups is 3. The quantitative estimate of drug-likeness (QED) is 0.130. The Balaban J connectivity index is 1.30. The van der Waals surface area contributed by atoms with Crippen LogP contribution in [0.1, 0.15) is 22.8 Å². The van der Waals surface area contributed by atoms with Gasteiger partial charge in [0.2, 0.25) is 5.91 Å². The number of hydrogen-bond acceptors (Lipinski definition) is 8. The molecule has 1 aliphatic rings. The Morgan fingerprint density at radius 3 is 2.40 bits per heavy atom. The van der Waals surface area contributed by atoms with Crippen molar-refractivity contribution in [3.63, 3.8) is 0 Å². The number of carbonyl (C=O) groups excluding carboxylic acids is 3. The van der Waals surface area contributed by atoms with Gasteiger partial charge >= 0.3 is 0 Å². The topological polar surface area (TPSA) is 135 Å². The molecule has 4 aromatic carbocycles. The summed E-state index contributed by atoms with van der Waals surface area (Å²) in [6.07, 6.45) is 1.47. The van der Waals surface area contributed by atoms with Gasteiger partial charge in [-0.3, -0.25) is 14.4 Å². The van der Waals surface area contributed by atoms with Crippen LogP contribution < -0.4 is 30.2 Å². The van der Waals surface area contributed by atoms with Crippen molar-refractivity contribution in [3.05, 3.63) is 108 Å². The van der Waals surface area contributed by atoms with Crippen LogP contribution >= 0.6 is 11.8 Å². The standard InChI is InChI=1S/C34H31N3O7S/c1-21(32(39)35-25-12-14-29-31(19-25)44-16-15-43-29)45-27-10-6-9-24(18-27)36-34(41)28(37-33(40)22-7-4-3-5-8-22)17-23-11-13-26(38)20-30(23)42-2/h3-14,17-21,38H,15-16H2,1-2H3,(H,35,39)(H,36,41)(H,37,40)/b28-17+. The summed E-state index contributed by atoms with van der Waals surface area (Å²) in [4.78, 5) is 40.2. The van der Waals surface area contributed by atoms with Crippen LogP contribution in [0.4, 0.5) is 11.4 Å². The van der Waals surface area contributed by atoms with Gasteiger partial charge in [-0.15, -0.1) is 11.8 Å². The largest absolute Gasteiger partial charge is 0.508 e. The number of fused-ring (bicyclic) bond motifs is 1. The molecule has 0 saturated carbocycles. The van der Waals surface area contributed by atoms with Crippen molar-refractivity contribution in [2.24, 2.45) is 0 Å². The average molecular weight is 626 g/mol. The van der Waals surface area contributed by atoms with Crippen LogP contribution in [0.2, 0.25) is 0 Å². The van der Waals surface area contributed by atoms with E-state index in [1.54, 1.807) is 79.7 Å². The molecule has 3 amide bonds. The van der Waals surface area contributed by atoms with Crippen LogP contribution in [0, 0.1) is 0 Å². The second kappa shape index (κ2) is 14.4. The zero-order chi connectivity index (χ0) is 31.8. The highest BCUT2D eigenvalue weighted by Crippen LogP contribution is 2.33. The van der Waals surface area contributed by atoms with Crippen molar-refractivity contribution in [3.8, 4) is 23.0 Å². The van der Waals surface area contributed by atoms with E-state index in [-0.39, 0.29) is 17.4 Å². The lowest BCUT2D eigenvalue weighted by atomic mass is 10.1. The van der Waals surface area contributed by atoms with Gasteiger partial charge in [-0.05, 0) is 67.6 Å². The van der Waals surface area contributed by atoms with Gasteiger partial charge in [0, 0.05) is 39.5 Å². The number of benzene rings is 4. The van der Waals surface area contributed by atoms with E-state index in [0.717, 1.165) is 4.90 Å². The minimum atomic E-state index is -0.582. The number of thioether (sulfide) groups is 1. The van der Waals surface area contributed by atoms with E-state index >= 15 is 0 Å². The molecule has 230 valence electrons. The first-order valence-corrected chi connectivity index (χ1v) is 14.9. The highest BCUT2D eigenvalue weighted by atomic mass is 32.2. The molecule has 4 aromatic rings. The molecular formula is C34H31N3O7S. The van der Waals surface area contributed by atoms with Gasteiger partial charge in [0.05, 0.1) is 12.4 Å². The lowest BCUT2D eigenvalue weighted by Crippen LogP contribution is -2.30.